The number of amides is 1. The van der Waals surface area contributed by atoms with Gasteiger partial charge in [-0.2, -0.15) is 5.10 Å². The number of aromatic hydroxyl groups is 1. The number of hydrazone groups is 1. The topological polar surface area (TPSA) is 105 Å². The summed E-state index contributed by atoms with van der Waals surface area (Å²) in [5, 5.41) is 24.6. The lowest BCUT2D eigenvalue weighted by Crippen LogP contribution is -2.19. The average molecular weight is 343 g/mol. The third-order valence-electron chi connectivity index (χ3n) is 4.08. The molecule has 0 fully saturated rings. The number of nitro groups is 1. The van der Waals surface area contributed by atoms with Crippen LogP contribution in [0.4, 0.5) is 10.1 Å². The molecule has 2 N–H and O–H groups in total. The summed E-state index contributed by atoms with van der Waals surface area (Å²) < 4.78 is 14.0. The van der Waals surface area contributed by atoms with Gasteiger partial charge in [-0.3, -0.25) is 14.9 Å². The molecule has 0 radical (unpaired) electrons. The van der Waals surface area contributed by atoms with Crippen LogP contribution in [0.1, 0.15) is 40.7 Å². The van der Waals surface area contributed by atoms with Crippen LogP contribution in [-0.2, 0) is 0 Å². The summed E-state index contributed by atoms with van der Waals surface area (Å²) >= 11 is 0. The van der Waals surface area contributed by atoms with Crippen molar-refractivity contribution in [2.75, 3.05) is 0 Å². The van der Waals surface area contributed by atoms with Crippen molar-refractivity contribution in [2.45, 2.75) is 19.3 Å². The molecule has 0 saturated carbocycles. The number of non-ortho nitro benzene ring substituents is 1. The Morgan fingerprint density at radius 3 is 2.64 bits per heavy atom. The second kappa shape index (κ2) is 6.31. The van der Waals surface area contributed by atoms with E-state index >= 15 is 0 Å². The lowest BCUT2D eigenvalue weighted by atomic mass is 10.0. The van der Waals surface area contributed by atoms with Gasteiger partial charge in [0.25, 0.3) is 11.6 Å². The number of nitrogens with one attached hydrogen (secondary N) is 1. The van der Waals surface area contributed by atoms with E-state index in [9.17, 15) is 24.4 Å². The third-order valence-corrected chi connectivity index (χ3v) is 4.08. The molecule has 1 amide bonds. The van der Waals surface area contributed by atoms with E-state index in [1.54, 1.807) is 0 Å². The van der Waals surface area contributed by atoms with Gasteiger partial charge < -0.3 is 5.11 Å². The molecule has 2 aromatic rings. The molecule has 1 atom stereocenters. The molecule has 0 spiro atoms. The first-order chi connectivity index (χ1) is 11.9. The van der Waals surface area contributed by atoms with E-state index in [-0.39, 0.29) is 22.9 Å². The van der Waals surface area contributed by atoms with E-state index < -0.39 is 16.6 Å². The molecule has 25 heavy (non-hydrogen) atoms. The zero-order valence-electron chi connectivity index (χ0n) is 13.2. The van der Waals surface area contributed by atoms with Crippen molar-refractivity contribution in [3.05, 3.63) is 69.0 Å². The van der Waals surface area contributed by atoms with Crippen LogP contribution in [0.2, 0.25) is 0 Å². The molecule has 0 unspecified atom stereocenters. The van der Waals surface area contributed by atoms with Crippen molar-refractivity contribution in [3.63, 3.8) is 0 Å². The van der Waals surface area contributed by atoms with Crippen molar-refractivity contribution in [1.29, 1.82) is 0 Å². The number of fused-ring (bicyclic) bond motifs is 1. The predicted molar refractivity (Wildman–Crippen MR) is 88.2 cm³/mol. The fourth-order valence-corrected chi connectivity index (χ4v) is 2.88. The average Bonchev–Trinajstić information content (AvgIpc) is 2.94. The number of nitrogens with zero attached hydrogens (tertiary/aromatic N) is 2. The van der Waals surface area contributed by atoms with E-state index in [4.69, 9.17) is 0 Å². The molecule has 7 nitrogen and oxygen atoms in total. The second-order valence-corrected chi connectivity index (χ2v) is 5.76. The van der Waals surface area contributed by atoms with Crippen LogP contribution in [0, 0.1) is 15.9 Å². The van der Waals surface area contributed by atoms with Gasteiger partial charge in [0.2, 0.25) is 0 Å². The molecule has 8 heteroatoms. The second-order valence-electron chi connectivity index (χ2n) is 5.76. The number of benzene rings is 2. The zero-order valence-corrected chi connectivity index (χ0v) is 13.2. The molecular weight excluding hydrogens is 329 g/mol. The highest BCUT2D eigenvalue weighted by Crippen LogP contribution is 2.39. The summed E-state index contributed by atoms with van der Waals surface area (Å²) in [6.45, 7) is 1.81. The molecule has 0 aromatic heterocycles. The molecule has 3 rings (SSSR count). The summed E-state index contributed by atoms with van der Waals surface area (Å²) in [7, 11) is 0. The largest absolute Gasteiger partial charge is 0.507 e. The molecule has 0 saturated heterocycles. The van der Waals surface area contributed by atoms with Crippen molar-refractivity contribution >= 4 is 17.3 Å². The summed E-state index contributed by atoms with van der Waals surface area (Å²) in [6.07, 6.45) is 0.379. The Morgan fingerprint density at radius 2 is 2.00 bits per heavy atom. The highest BCUT2D eigenvalue weighted by molar-refractivity contribution is 6.08. The number of phenols is 1. The monoisotopic (exact) mass is 343 g/mol. The van der Waals surface area contributed by atoms with Gasteiger partial charge in [0.05, 0.1) is 10.6 Å². The fraction of sp³-hybridized carbons (Fsp3) is 0.176. The Balaban J connectivity index is 1.83. The lowest BCUT2D eigenvalue weighted by molar-refractivity contribution is -0.384. The SMILES string of the molecule is C[C@@H]1C/C(=N\NC(=O)c2ccc([N+](=O)[O-])cc2)c2c(O)ccc(F)c21. The number of nitro benzene ring substituents is 1. The smallest absolute Gasteiger partial charge is 0.271 e. The molecule has 1 aliphatic carbocycles. The minimum absolute atomic E-state index is 0.0934. The first-order valence-electron chi connectivity index (χ1n) is 7.51. The summed E-state index contributed by atoms with van der Waals surface area (Å²) in [4.78, 5) is 22.2. The van der Waals surface area contributed by atoms with Crippen LogP contribution in [-0.4, -0.2) is 21.6 Å². The van der Waals surface area contributed by atoms with Crippen LogP contribution < -0.4 is 5.43 Å². The van der Waals surface area contributed by atoms with E-state index in [2.05, 4.69) is 10.5 Å². The molecule has 0 bridgehead atoms. The molecule has 2 aromatic carbocycles. The van der Waals surface area contributed by atoms with Gasteiger partial charge in [0.1, 0.15) is 11.6 Å². The molecule has 128 valence electrons. The lowest BCUT2D eigenvalue weighted by Gasteiger charge is -2.06. The maximum Gasteiger partial charge on any atom is 0.271 e. The number of rotatable bonds is 3. The Morgan fingerprint density at radius 1 is 1.32 bits per heavy atom. The maximum atomic E-state index is 14.0. The van der Waals surface area contributed by atoms with Crippen molar-refractivity contribution in [3.8, 4) is 5.75 Å². The highest BCUT2D eigenvalue weighted by atomic mass is 19.1. The summed E-state index contributed by atoms with van der Waals surface area (Å²) in [5.41, 5.74) is 3.48. The predicted octanol–water partition coefficient (Wildman–Crippen LogP) is 3.08. The van der Waals surface area contributed by atoms with Crippen molar-refractivity contribution in [1.82, 2.24) is 5.43 Å². The Bertz CT molecular complexity index is 894. The number of halogens is 1. The van der Waals surface area contributed by atoms with Gasteiger partial charge in [-0.1, -0.05) is 6.92 Å². The van der Waals surface area contributed by atoms with Gasteiger partial charge in [-0.15, -0.1) is 0 Å². The first kappa shape index (κ1) is 16.6. The minimum atomic E-state index is -0.559. The third kappa shape index (κ3) is 3.06. The molecule has 0 aliphatic heterocycles. The number of carbonyl (C=O) groups is 1. The van der Waals surface area contributed by atoms with Crippen LogP contribution in [0.15, 0.2) is 41.5 Å². The van der Waals surface area contributed by atoms with Gasteiger partial charge in [-0.25, -0.2) is 9.82 Å². The van der Waals surface area contributed by atoms with Crippen LogP contribution >= 0.6 is 0 Å². The van der Waals surface area contributed by atoms with Gasteiger partial charge in [0, 0.05) is 28.8 Å². The van der Waals surface area contributed by atoms with E-state index in [1.807, 2.05) is 6.92 Å². The van der Waals surface area contributed by atoms with Crippen molar-refractivity contribution < 1.29 is 19.2 Å². The standard InChI is InChI=1S/C17H14FN3O4/c1-9-8-13(16-14(22)7-6-12(18)15(9)16)19-20-17(23)10-2-4-11(5-3-10)21(24)25/h2-7,9,22H,8H2,1H3,(H,20,23)/b19-13+/t9-/m1/s1. The minimum Gasteiger partial charge on any atom is -0.507 e. The van der Waals surface area contributed by atoms with Gasteiger partial charge in [-0.05, 0) is 36.6 Å². The number of phenolic OH excluding ortho intramolecular Hbond substituents is 1. The quantitative estimate of drug-likeness (QED) is 0.660. The molecule has 0 heterocycles. The Kier molecular flexibility index (Phi) is 4.18. The van der Waals surface area contributed by atoms with Crippen LogP contribution in [0.25, 0.3) is 0 Å². The van der Waals surface area contributed by atoms with E-state index in [0.717, 1.165) is 0 Å². The number of hydrogen-bond acceptors (Lipinski definition) is 5. The zero-order chi connectivity index (χ0) is 18.1. The van der Waals surface area contributed by atoms with Crippen LogP contribution in [0.5, 0.6) is 5.75 Å². The molecular formula is C17H14FN3O4. The van der Waals surface area contributed by atoms with Crippen molar-refractivity contribution in [2.24, 2.45) is 5.10 Å². The van der Waals surface area contributed by atoms with Gasteiger partial charge in [0.15, 0.2) is 0 Å². The normalized spacial score (nSPS) is 17.4. The Labute approximate surface area is 141 Å². The highest BCUT2D eigenvalue weighted by Gasteiger charge is 2.30. The molecule has 1 aliphatic rings. The summed E-state index contributed by atoms with van der Waals surface area (Å²) in [5.74, 6) is -1.24. The van der Waals surface area contributed by atoms with Gasteiger partial charge >= 0.3 is 0 Å². The first-order valence-corrected chi connectivity index (χ1v) is 7.51. The maximum absolute atomic E-state index is 14.0. The van der Waals surface area contributed by atoms with E-state index in [1.165, 1.54) is 36.4 Å². The Hall–Kier alpha value is -3.29. The number of carbonyl (C=O) groups excluding carboxylic acids is 1. The number of hydrogen-bond donors (Lipinski definition) is 2. The summed E-state index contributed by atoms with van der Waals surface area (Å²) in [6, 6.07) is 7.52. The fourth-order valence-electron chi connectivity index (χ4n) is 2.88. The van der Waals surface area contributed by atoms with E-state index in [0.29, 0.717) is 23.3 Å². The van der Waals surface area contributed by atoms with Crippen LogP contribution in [0.3, 0.4) is 0 Å².